The van der Waals surface area contributed by atoms with Gasteiger partial charge in [0.25, 0.3) is 11.8 Å². The van der Waals surface area contributed by atoms with E-state index in [2.05, 4.69) is 20.8 Å². The van der Waals surface area contributed by atoms with Crippen molar-refractivity contribution < 1.29 is 19.1 Å². The zero-order valence-corrected chi connectivity index (χ0v) is 17.8. The molecule has 0 spiro atoms. The molecule has 0 atom stereocenters. The first-order valence-electron chi connectivity index (χ1n) is 9.53. The SMILES string of the molecule is Cc1cc(C)nc(SCc2ccc(C(=O)NNC(=O)c3cccc4c3OCO4)cc2)n1. The van der Waals surface area contributed by atoms with Crippen molar-refractivity contribution in [1.29, 1.82) is 0 Å². The summed E-state index contributed by atoms with van der Waals surface area (Å²) in [5.41, 5.74) is 8.44. The molecule has 0 saturated carbocycles. The van der Waals surface area contributed by atoms with E-state index in [4.69, 9.17) is 9.47 Å². The molecule has 0 unspecified atom stereocenters. The van der Waals surface area contributed by atoms with Gasteiger partial charge in [0.15, 0.2) is 16.7 Å². The number of hydrazine groups is 1. The third-order valence-electron chi connectivity index (χ3n) is 4.48. The molecule has 1 aliphatic rings. The molecule has 2 N–H and O–H groups in total. The fraction of sp³-hybridized carbons (Fsp3) is 0.182. The topological polar surface area (TPSA) is 102 Å². The second-order valence-corrected chi connectivity index (χ2v) is 7.81. The third kappa shape index (κ3) is 4.95. The lowest BCUT2D eigenvalue weighted by molar-refractivity contribution is 0.0844. The first-order chi connectivity index (χ1) is 15.0. The van der Waals surface area contributed by atoms with E-state index in [-0.39, 0.29) is 12.4 Å². The van der Waals surface area contributed by atoms with Gasteiger partial charge < -0.3 is 9.47 Å². The van der Waals surface area contributed by atoms with E-state index in [0.29, 0.717) is 22.8 Å². The maximum atomic E-state index is 12.4. The number of nitrogens with one attached hydrogen (secondary N) is 2. The Bertz CT molecular complexity index is 1110. The number of para-hydroxylation sites is 1. The van der Waals surface area contributed by atoms with Gasteiger partial charge in [-0.25, -0.2) is 9.97 Å². The van der Waals surface area contributed by atoms with Crippen LogP contribution in [0.4, 0.5) is 0 Å². The summed E-state index contributed by atoms with van der Waals surface area (Å²) in [5, 5.41) is 0.726. The molecule has 0 saturated heterocycles. The van der Waals surface area contributed by atoms with Gasteiger partial charge in [-0.15, -0.1) is 0 Å². The maximum Gasteiger partial charge on any atom is 0.273 e. The fourth-order valence-corrected chi connectivity index (χ4v) is 3.93. The molecule has 0 bridgehead atoms. The minimum absolute atomic E-state index is 0.0617. The number of thioether (sulfide) groups is 1. The van der Waals surface area contributed by atoms with Gasteiger partial charge in [-0.2, -0.15) is 0 Å². The molecular weight excluding hydrogens is 416 g/mol. The second kappa shape index (κ2) is 9.05. The average molecular weight is 436 g/mol. The van der Waals surface area contributed by atoms with Crippen molar-refractivity contribution in [2.75, 3.05) is 6.79 Å². The highest BCUT2D eigenvalue weighted by Gasteiger charge is 2.22. The Morgan fingerprint density at radius 3 is 2.42 bits per heavy atom. The Labute approximate surface area is 183 Å². The van der Waals surface area contributed by atoms with Crippen LogP contribution in [0.1, 0.15) is 37.7 Å². The molecule has 0 radical (unpaired) electrons. The molecule has 3 aromatic rings. The number of carbonyl (C=O) groups is 2. The number of ether oxygens (including phenoxy) is 2. The lowest BCUT2D eigenvalue weighted by atomic mass is 10.1. The van der Waals surface area contributed by atoms with Gasteiger partial charge >= 0.3 is 0 Å². The van der Waals surface area contributed by atoms with Crippen LogP contribution in [-0.2, 0) is 5.75 Å². The number of amides is 2. The number of hydrogen-bond donors (Lipinski definition) is 2. The van der Waals surface area contributed by atoms with Gasteiger partial charge in [0, 0.05) is 22.7 Å². The first kappa shape index (κ1) is 20.7. The summed E-state index contributed by atoms with van der Waals surface area (Å²) < 4.78 is 10.6. The molecule has 0 aliphatic carbocycles. The summed E-state index contributed by atoms with van der Waals surface area (Å²) in [4.78, 5) is 33.6. The highest BCUT2D eigenvalue weighted by molar-refractivity contribution is 7.98. The van der Waals surface area contributed by atoms with Crippen LogP contribution >= 0.6 is 11.8 Å². The van der Waals surface area contributed by atoms with Crippen molar-refractivity contribution in [2.24, 2.45) is 0 Å². The van der Waals surface area contributed by atoms with Crippen LogP contribution in [0.15, 0.2) is 53.7 Å². The van der Waals surface area contributed by atoms with Crippen LogP contribution in [0.2, 0.25) is 0 Å². The van der Waals surface area contributed by atoms with E-state index >= 15 is 0 Å². The zero-order valence-electron chi connectivity index (χ0n) is 17.0. The predicted octanol–water partition coefficient (Wildman–Crippen LogP) is 3.19. The number of carbonyl (C=O) groups excluding carboxylic acids is 2. The van der Waals surface area contributed by atoms with E-state index in [1.807, 2.05) is 32.0 Å². The summed E-state index contributed by atoms with van der Waals surface area (Å²) >= 11 is 1.54. The summed E-state index contributed by atoms with van der Waals surface area (Å²) in [6.07, 6.45) is 0. The van der Waals surface area contributed by atoms with Crippen molar-refractivity contribution in [2.45, 2.75) is 24.8 Å². The molecule has 158 valence electrons. The van der Waals surface area contributed by atoms with Gasteiger partial charge in [-0.3, -0.25) is 20.4 Å². The summed E-state index contributed by atoms with van der Waals surface area (Å²) in [6, 6.07) is 14.1. The van der Waals surface area contributed by atoms with E-state index < -0.39 is 11.8 Å². The minimum Gasteiger partial charge on any atom is -0.454 e. The standard InChI is InChI=1S/C22H20N4O4S/c1-13-10-14(2)24-22(23-13)31-11-15-6-8-16(9-7-15)20(27)25-26-21(28)17-4-3-5-18-19(17)30-12-29-18/h3-10H,11-12H2,1-2H3,(H,25,27)(H,26,28). The number of hydrogen-bond acceptors (Lipinski definition) is 7. The Kier molecular flexibility index (Phi) is 6.03. The Hall–Kier alpha value is -3.59. The highest BCUT2D eigenvalue weighted by atomic mass is 32.2. The first-order valence-corrected chi connectivity index (χ1v) is 10.5. The van der Waals surface area contributed by atoms with Crippen LogP contribution in [0.5, 0.6) is 11.5 Å². The van der Waals surface area contributed by atoms with E-state index in [1.54, 1.807) is 30.3 Å². The maximum absolute atomic E-state index is 12.4. The Morgan fingerprint density at radius 2 is 1.68 bits per heavy atom. The average Bonchev–Trinajstić information content (AvgIpc) is 3.24. The van der Waals surface area contributed by atoms with E-state index in [0.717, 1.165) is 22.1 Å². The quantitative estimate of drug-likeness (QED) is 0.360. The molecule has 8 nitrogen and oxygen atoms in total. The van der Waals surface area contributed by atoms with Crippen molar-refractivity contribution in [3.05, 3.63) is 76.6 Å². The lowest BCUT2D eigenvalue weighted by Crippen LogP contribution is -2.41. The number of aromatic nitrogens is 2. The van der Waals surface area contributed by atoms with Crippen molar-refractivity contribution >= 4 is 23.6 Å². The molecule has 2 aromatic carbocycles. The summed E-state index contributed by atoms with van der Waals surface area (Å²) in [6.45, 7) is 3.94. The summed E-state index contributed by atoms with van der Waals surface area (Å²) in [5.74, 6) is 0.637. The molecule has 2 amide bonds. The van der Waals surface area contributed by atoms with Crippen LogP contribution in [-0.4, -0.2) is 28.6 Å². The lowest BCUT2D eigenvalue weighted by Gasteiger charge is -2.09. The molecule has 1 aromatic heterocycles. The van der Waals surface area contributed by atoms with Crippen LogP contribution in [0.25, 0.3) is 0 Å². The van der Waals surface area contributed by atoms with Crippen LogP contribution in [0.3, 0.4) is 0 Å². The number of benzene rings is 2. The zero-order chi connectivity index (χ0) is 21.8. The largest absolute Gasteiger partial charge is 0.454 e. The number of fused-ring (bicyclic) bond motifs is 1. The smallest absolute Gasteiger partial charge is 0.273 e. The van der Waals surface area contributed by atoms with Crippen molar-refractivity contribution in [1.82, 2.24) is 20.8 Å². The molecule has 0 fully saturated rings. The highest BCUT2D eigenvalue weighted by Crippen LogP contribution is 2.35. The number of aryl methyl sites for hydroxylation is 2. The molecule has 2 heterocycles. The van der Waals surface area contributed by atoms with Gasteiger partial charge in [-0.1, -0.05) is 30.0 Å². The van der Waals surface area contributed by atoms with E-state index in [9.17, 15) is 9.59 Å². The fourth-order valence-electron chi connectivity index (χ4n) is 3.02. The Morgan fingerprint density at radius 1 is 0.968 bits per heavy atom. The minimum atomic E-state index is -0.489. The van der Waals surface area contributed by atoms with Gasteiger partial charge in [-0.05, 0) is 49.7 Å². The van der Waals surface area contributed by atoms with Gasteiger partial charge in [0.05, 0.1) is 5.56 Å². The Balaban J connectivity index is 1.32. The van der Waals surface area contributed by atoms with Gasteiger partial charge in [0.2, 0.25) is 6.79 Å². The van der Waals surface area contributed by atoms with Gasteiger partial charge in [0.1, 0.15) is 0 Å². The van der Waals surface area contributed by atoms with Crippen LogP contribution in [0, 0.1) is 13.8 Å². The van der Waals surface area contributed by atoms with E-state index in [1.165, 1.54) is 11.8 Å². The summed E-state index contributed by atoms with van der Waals surface area (Å²) in [7, 11) is 0. The molecule has 1 aliphatic heterocycles. The van der Waals surface area contributed by atoms with Crippen LogP contribution < -0.4 is 20.3 Å². The second-order valence-electron chi connectivity index (χ2n) is 6.87. The molecule has 31 heavy (non-hydrogen) atoms. The van der Waals surface area contributed by atoms with Crippen molar-refractivity contribution in [3.8, 4) is 11.5 Å². The molecule has 4 rings (SSSR count). The third-order valence-corrected chi connectivity index (χ3v) is 5.40. The number of nitrogens with zero attached hydrogens (tertiary/aromatic N) is 2. The van der Waals surface area contributed by atoms with Crippen molar-refractivity contribution in [3.63, 3.8) is 0 Å². The predicted molar refractivity (Wildman–Crippen MR) is 115 cm³/mol. The normalized spacial score (nSPS) is 11.8. The molecule has 9 heteroatoms. The monoisotopic (exact) mass is 436 g/mol. The molecular formula is C22H20N4O4S. The number of rotatable bonds is 5.